The Bertz CT molecular complexity index is 973. The Labute approximate surface area is 163 Å². The van der Waals surface area contributed by atoms with Crippen molar-refractivity contribution in [2.24, 2.45) is 5.10 Å². The smallest absolute Gasteiger partial charge is 0.272 e. The molecule has 0 bridgehead atoms. The van der Waals surface area contributed by atoms with Crippen LogP contribution < -0.4 is 10.3 Å². The van der Waals surface area contributed by atoms with Gasteiger partial charge in [0.1, 0.15) is 0 Å². The third kappa shape index (κ3) is 3.86. The molecule has 1 N–H and O–H groups in total. The number of rotatable bonds is 4. The number of hydrogen-bond acceptors (Lipinski definition) is 3. The highest BCUT2D eigenvalue weighted by atomic mass is 35.5. The molecular formula is C22H18ClN3O. The molecule has 0 saturated heterocycles. The first kappa shape index (κ1) is 17.3. The van der Waals surface area contributed by atoms with Gasteiger partial charge in [0, 0.05) is 18.8 Å². The van der Waals surface area contributed by atoms with Crippen LogP contribution in [0.3, 0.4) is 0 Å². The molecular weight excluding hydrogens is 358 g/mol. The maximum atomic E-state index is 12.1. The van der Waals surface area contributed by atoms with E-state index in [0.29, 0.717) is 10.6 Å². The van der Waals surface area contributed by atoms with Gasteiger partial charge in [0.15, 0.2) is 0 Å². The summed E-state index contributed by atoms with van der Waals surface area (Å²) in [7, 11) is 0. The summed E-state index contributed by atoms with van der Waals surface area (Å²) in [5, 5.41) is 4.43. The van der Waals surface area contributed by atoms with Crippen LogP contribution >= 0.6 is 11.6 Å². The van der Waals surface area contributed by atoms with E-state index < -0.39 is 0 Å². The van der Waals surface area contributed by atoms with E-state index in [1.807, 2.05) is 12.1 Å². The monoisotopic (exact) mass is 375 g/mol. The molecule has 3 aromatic rings. The van der Waals surface area contributed by atoms with E-state index in [0.717, 1.165) is 18.7 Å². The van der Waals surface area contributed by atoms with E-state index in [9.17, 15) is 4.79 Å². The zero-order chi connectivity index (χ0) is 18.6. The summed E-state index contributed by atoms with van der Waals surface area (Å²) in [4.78, 5) is 14.4. The van der Waals surface area contributed by atoms with E-state index in [1.54, 1.807) is 30.5 Å². The fourth-order valence-corrected chi connectivity index (χ4v) is 3.38. The number of carbonyl (C=O) groups excluding carboxylic acids is 1. The third-order valence-electron chi connectivity index (χ3n) is 4.60. The van der Waals surface area contributed by atoms with Gasteiger partial charge in [-0.2, -0.15) is 5.10 Å². The largest absolute Gasteiger partial charge is 0.363 e. The van der Waals surface area contributed by atoms with Crippen molar-refractivity contribution in [2.75, 3.05) is 4.90 Å². The number of fused-ring (bicyclic) bond motifs is 1. The summed E-state index contributed by atoms with van der Waals surface area (Å²) in [6.07, 6.45) is 1.62. The van der Waals surface area contributed by atoms with Gasteiger partial charge in [-0.05, 0) is 41.0 Å². The van der Waals surface area contributed by atoms with Crippen molar-refractivity contribution in [3.63, 3.8) is 0 Å². The Hall–Kier alpha value is -3.11. The number of amides is 1. The standard InChI is InChI=1S/C22H18ClN3O/c23-21-8-4-3-7-20(21)22(27)25-24-13-16-9-11-19(12-10-16)26-14-17-5-1-2-6-18(17)15-26/h1-13H,14-15H2,(H,25,27). The van der Waals surface area contributed by atoms with Crippen molar-refractivity contribution in [1.82, 2.24) is 5.43 Å². The summed E-state index contributed by atoms with van der Waals surface area (Å²) in [5.41, 5.74) is 7.75. The van der Waals surface area contributed by atoms with Gasteiger partial charge in [-0.1, -0.05) is 60.1 Å². The van der Waals surface area contributed by atoms with Crippen LogP contribution in [0.1, 0.15) is 27.0 Å². The molecule has 1 aliphatic rings. The van der Waals surface area contributed by atoms with Crippen molar-refractivity contribution in [2.45, 2.75) is 13.1 Å². The number of halogens is 1. The lowest BCUT2D eigenvalue weighted by molar-refractivity contribution is 0.0955. The molecule has 0 spiro atoms. The SMILES string of the molecule is O=C(NN=Cc1ccc(N2Cc3ccccc3C2)cc1)c1ccccc1Cl. The quantitative estimate of drug-likeness (QED) is 0.534. The fraction of sp³-hybridized carbons (Fsp3) is 0.0909. The lowest BCUT2D eigenvalue weighted by atomic mass is 10.1. The molecule has 0 aromatic heterocycles. The van der Waals surface area contributed by atoms with Gasteiger partial charge in [0.05, 0.1) is 16.8 Å². The van der Waals surface area contributed by atoms with Crippen LogP contribution in [0, 0.1) is 0 Å². The molecule has 1 heterocycles. The van der Waals surface area contributed by atoms with Crippen LogP contribution in [0.15, 0.2) is 77.9 Å². The predicted octanol–water partition coefficient (Wildman–Crippen LogP) is 4.62. The van der Waals surface area contributed by atoms with Gasteiger partial charge in [-0.3, -0.25) is 4.79 Å². The second-order valence-electron chi connectivity index (χ2n) is 6.40. The molecule has 0 radical (unpaired) electrons. The molecule has 0 unspecified atom stereocenters. The van der Waals surface area contributed by atoms with Crippen LogP contribution in [0.25, 0.3) is 0 Å². The molecule has 1 aliphatic heterocycles. The summed E-state index contributed by atoms with van der Waals surface area (Å²) in [6, 6.07) is 23.5. The van der Waals surface area contributed by atoms with Crippen molar-refractivity contribution in [3.8, 4) is 0 Å². The topological polar surface area (TPSA) is 44.7 Å². The maximum absolute atomic E-state index is 12.1. The van der Waals surface area contributed by atoms with Crippen LogP contribution in [0.2, 0.25) is 5.02 Å². The Balaban J connectivity index is 1.38. The van der Waals surface area contributed by atoms with Gasteiger partial charge < -0.3 is 4.90 Å². The summed E-state index contributed by atoms with van der Waals surface area (Å²) >= 11 is 6.01. The van der Waals surface area contributed by atoms with Gasteiger partial charge in [-0.15, -0.1) is 0 Å². The Morgan fingerprint density at radius 3 is 2.22 bits per heavy atom. The molecule has 5 heteroatoms. The summed E-state index contributed by atoms with van der Waals surface area (Å²) in [6.45, 7) is 1.86. The number of hydrazone groups is 1. The van der Waals surface area contributed by atoms with Gasteiger partial charge in [0.25, 0.3) is 5.91 Å². The molecule has 0 atom stereocenters. The fourth-order valence-electron chi connectivity index (χ4n) is 3.16. The van der Waals surface area contributed by atoms with Crippen molar-refractivity contribution in [1.29, 1.82) is 0 Å². The lowest BCUT2D eigenvalue weighted by Gasteiger charge is -2.17. The summed E-state index contributed by atoms with van der Waals surface area (Å²) < 4.78 is 0. The van der Waals surface area contributed by atoms with E-state index in [4.69, 9.17) is 11.6 Å². The first-order chi connectivity index (χ1) is 13.2. The molecule has 4 nitrogen and oxygen atoms in total. The van der Waals surface area contributed by atoms with E-state index in [-0.39, 0.29) is 5.91 Å². The van der Waals surface area contributed by atoms with E-state index >= 15 is 0 Å². The second-order valence-corrected chi connectivity index (χ2v) is 6.80. The molecule has 0 aliphatic carbocycles. The number of hydrogen-bond donors (Lipinski definition) is 1. The van der Waals surface area contributed by atoms with Crippen LogP contribution in [-0.2, 0) is 13.1 Å². The first-order valence-electron chi connectivity index (χ1n) is 8.70. The van der Waals surface area contributed by atoms with Gasteiger partial charge in [-0.25, -0.2) is 5.43 Å². The van der Waals surface area contributed by atoms with Crippen molar-refractivity contribution in [3.05, 3.63) is 100 Å². The Morgan fingerprint density at radius 2 is 1.56 bits per heavy atom. The molecule has 134 valence electrons. The molecule has 0 fully saturated rings. The highest BCUT2D eigenvalue weighted by Crippen LogP contribution is 2.27. The van der Waals surface area contributed by atoms with Crippen LogP contribution in [0.5, 0.6) is 0 Å². The molecule has 3 aromatic carbocycles. The lowest BCUT2D eigenvalue weighted by Crippen LogP contribution is -2.18. The van der Waals surface area contributed by atoms with Crippen molar-refractivity contribution >= 4 is 29.4 Å². The number of benzene rings is 3. The van der Waals surface area contributed by atoms with Crippen molar-refractivity contribution < 1.29 is 4.79 Å². The number of nitrogens with one attached hydrogen (secondary N) is 1. The zero-order valence-electron chi connectivity index (χ0n) is 14.6. The minimum atomic E-state index is -0.330. The maximum Gasteiger partial charge on any atom is 0.272 e. The second kappa shape index (κ2) is 7.64. The van der Waals surface area contributed by atoms with Gasteiger partial charge >= 0.3 is 0 Å². The number of anilines is 1. The predicted molar refractivity (Wildman–Crippen MR) is 109 cm³/mol. The van der Waals surface area contributed by atoms with Crippen LogP contribution in [-0.4, -0.2) is 12.1 Å². The Kier molecular flexibility index (Phi) is 4.90. The Morgan fingerprint density at radius 1 is 0.926 bits per heavy atom. The highest BCUT2D eigenvalue weighted by molar-refractivity contribution is 6.33. The van der Waals surface area contributed by atoms with E-state index in [2.05, 4.69) is 51.8 Å². The van der Waals surface area contributed by atoms with Gasteiger partial charge in [0.2, 0.25) is 0 Å². The molecule has 4 rings (SSSR count). The first-order valence-corrected chi connectivity index (χ1v) is 9.08. The minimum Gasteiger partial charge on any atom is -0.363 e. The minimum absolute atomic E-state index is 0.330. The van der Waals surface area contributed by atoms with E-state index in [1.165, 1.54) is 16.8 Å². The third-order valence-corrected chi connectivity index (χ3v) is 4.93. The normalized spacial score (nSPS) is 13.0. The van der Waals surface area contributed by atoms with Crippen LogP contribution in [0.4, 0.5) is 5.69 Å². The average Bonchev–Trinajstić information content (AvgIpc) is 3.13. The highest BCUT2D eigenvalue weighted by Gasteiger charge is 2.18. The molecule has 0 saturated carbocycles. The zero-order valence-corrected chi connectivity index (χ0v) is 15.4. The average molecular weight is 376 g/mol. The molecule has 1 amide bonds. The summed E-state index contributed by atoms with van der Waals surface area (Å²) in [5.74, 6) is -0.330. The number of nitrogens with zero attached hydrogens (tertiary/aromatic N) is 2. The number of carbonyl (C=O) groups is 1. The molecule has 27 heavy (non-hydrogen) atoms.